The molecule has 220 valence electrons. The Balaban J connectivity index is 1.40. The maximum absolute atomic E-state index is 15.0. The Hall–Kier alpha value is -4.64. The number of anilines is 4. The van der Waals surface area contributed by atoms with Gasteiger partial charge in [-0.25, -0.2) is 13.8 Å². The van der Waals surface area contributed by atoms with Gasteiger partial charge in [-0.1, -0.05) is 13.5 Å². The number of nitrogens with zero attached hydrogens (tertiary/aromatic N) is 4. The van der Waals surface area contributed by atoms with Gasteiger partial charge >= 0.3 is 0 Å². The fourth-order valence-electron chi connectivity index (χ4n) is 5.11. The quantitative estimate of drug-likeness (QED) is 0.245. The van der Waals surface area contributed by atoms with Gasteiger partial charge in [-0.2, -0.15) is 0 Å². The minimum Gasteiger partial charge on any atom is -0.494 e. The topological polar surface area (TPSA) is 83.9 Å². The molecule has 0 spiro atoms. The maximum Gasteiger partial charge on any atom is 0.247 e. The molecule has 42 heavy (non-hydrogen) atoms. The van der Waals surface area contributed by atoms with Gasteiger partial charge in [0.25, 0.3) is 0 Å². The van der Waals surface area contributed by atoms with Crippen LogP contribution < -0.4 is 25.0 Å². The Labute approximate surface area is 243 Å². The number of pyridine rings is 1. The molecule has 1 amide bonds. The predicted octanol–water partition coefficient (Wildman–Crippen LogP) is 5.39. The second-order valence-corrected chi connectivity index (χ2v) is 9.90. The number of amides is 1. The number of benzene rings is 2. The second-order valence-electron chi connectivity index (χ2n) is 9.90. The van der Waals surface area contributed by atoms with Crippen LogP contribution in [0.1, 0.15) is 12.5 Å². The van der Waals surface area contributed by atoms with Gasteiger partial charge in [0.2, 0.25) is 5.91 Å². The molecule has 9 nitrogen and oxygen atoms in total. The fourth-order valence-corrected chi connectivity index (χ4v) is 5.11. The zero-order chi connectivity index (χ0) is 29.8. The van der Waals surface area contributed by atoms with Crippen molar-refractivity contribution in [3.05, 3.63) is 78.5 Å². The number of carbonyl (C=O) groups is 1. The van der Waals surface area contributed by atoms with Crippen molar-refractivity contribution in [2.75, 3.05) is 62.5 Å². The molecule has 1 aliphatic heterocycles. The summed E-state index contributed by atoms with van der Waals surface area (Å²) in [5, 5.41) is 6.20. The van der Waals surface area contributed by atoms with Crippen molar-refractivity contribution in [2.24, 2.45) is 0 Å². The third-order valence-corrected chi connectivity index (χ3v) is 7.51. The Morgan fingerprint density at radius 2 is 1.71 bits per heavy atom. The number of halogens is 2. The molecule has 0 radical (unpaired) electrons. The summed E-state index contributed by atoms with van der Waals surface area (Å²) < 4.78 is 41.8. The summed E-state index contributed by atoms with van der Waals surface area (Å²) in [5.74, 6) is -1.54. The Morgan fingerprint density at radius 1 is 1.00 bits per heavy atom. The fraction of sp³-hybridized carbons (Fsp3) is 0.290. The number of fused-ring (bicyclic) bond motifs is 1. The van der Waals surface area contributed by atoms with Gasteiger partial charge in [0.05, 0.1) is 48.7 Å². The van der Waals surface area contributed by atoms with E-state index in [9.17, 15) is 13.6 Å². The highest BCUT2D eigenvalue weighted by atomic mass is 19.1. The lowest BCUT2D eigenvalue weighted by atomic mass is 10.1. The number of nitrogens with one attached hydrogen (secondary N) is 2. The van der Waals surface area contributed by atoms with Gasteiger partial charge in [0, 0.05) is 44.1 Å². The molecule has 3 heterocycles. The molecule has 11 heteroatoms. The summed E-state index contributed by atoms with van der Waals surface area (Å²) in [6.45, 7) is 10.5. The Bertz CT molecular complexity index is 1590. The predicted molar refractivity (Wildman–Crippen MR) is 161 cm³/mol. The zero-order valence-corrected chi connectivity index (χ0v) is 23.9. The lowest BCUT2D eigenvalue weighted by molar-refractivity contribution is -0.111. The van der Waals surface area contributed by atoms with Crippen LogP contribution in [0.25, 0.3) is 11.0 Å². The van der Waals surface area contributed by atoms with E-state index >= 15 is 0 Å². The Morgan fingerprint density at radius 3 is 2.36 bits per heavy atom. The van der Waals surface area contributed by atoms with Crippen molar-refractivity contribution in [1.82, 2.24) is 14.5 Å². The van der Waals surface area contributed by atoms with E-state index in [1.165, 1.54) is 26.4 Å². The monoisotopic (exact) mass is 576 g/mol. The lowest BCUT2D eigenvalue weighted by Gasteiger charge is -2.35. The van der Waals surface area contributed by atoms with Gasteiger partial charge < -0.3 is 34.5 Å². The molecular weight excluding hydrogens is 542 g/mol. The molecule has 1 aliphatic rings. The molecule has 5 rings (SSSR count). The average molecular weight is 577 g/mol. The van der Waals surface area contributed by atoms with Crippen LogP contribution in [0.2, 0.25) is 0 Å². The average Bonchev–Trinajstić information content (AvgIpc) is 3.42. The standard InChI is InChI=1S/C31H34F2N6O3/c1-5-29(40)36-24-17-20(38-15-13-37(6-2)14-16-38)7-8-22(24)34-28-10-9-25-23(35-28)11-12-39(25)19-21-30(32)26(41-3)18-27(42-4)31(21)33/h5,7-12,17-18H,1,6,13-16,19H2,2-4H3,(H,34,35)(H,36,40). The summed E-state index contributed by atoms with van der Waals surface area (Å²) in [7, 11) is 2.64. The van der Waals surface area contributed by atoms with E-state index in [0.29, 0.717) is 28.2 Å². The molecule has 2 aromatic heterocycles. The van der Waals surface area contributed by atoms with Gasteiger partial charge in [0.15, 0.2) is 23.1 Å². The number of ether oxygens (including phenoxy) is 2. The minimum atomic E-state index is -0.784. The number of methoxy groups -OCH3 is 2. The van der Waals surface area contributed by atoms with E-state index < -0.39 is 11.6 Å². The summed E-state index contributed by atoms with van der Waals surface area (Å²) in [4.78, 5) is 21.7. The number of hydrogen-bond acceptors (Lipinski definition) is 7. The van der Waals surface area contributed by atoms with E-state index in [1.807, 2.05) is 24.3 Å². The van der Waals surface area contributed by atoms with Crippen LogP contribution in [0, 0.1) is 11.6 Å². The highest BCUT2D eigenvalue weighted by molar-refractivity contribution is 6.02. The normalized spacial score (nSPS) is 13.7. The van der Waals surface area contributed by atoms with Crippen LogP contribution in [0.5, 0.6) is 11.5 Å². The van der Waals surface area contributed by atoms with Crippen LogP contribution in [0.3, 0.4) is 0 Å². The Kier molecular flexibility index (Phi) is 8.58. The number of rotatable bonds is 10. The highest BCUT2D eigenvalue weighted by Crippen LogP contribution is 2.34. The van der Waals surface area contributed by atoms with E-state index in [2.05, 4.69) is 33.9 Å². The third-order valence-electron chi connectivity index (χ3n) is 7.51. The van der Waals surface area contributed by atoms with Gasteiger partial charge in [-0.15, -0.1) is 0 Å². The molecule has 0 atom stereocenters. The first-order chi connectivity index (χ1) is 20.3. The summed E-state index contributed by atoms with van der Waals surface area (Å²) >= 11 is 0. The first-order valence-corrected chi connectivity index (χ1v) is 13.7. The largest absolute Gasteiger partial charge is 0.494 e. The molecule has 2 aromatic carbocycles. The molecule has 1 saturated heterocycles. The van der Waals surface area contributed by atoms with Crippen LogP contribution >= 0.6 is 0 Å². The molecule has 0 unspecified atom stereocenters. The number of carbonyl (C=O) groups excluding carboxylic acids is 1. The van der Waals surface area contributed by atoms with Crippen molar-refractivity contribution in [3.8, 4) is 11.5 Å². The number of aromatic nitrogens is 2. The SMILES string of the molecule is C=CC(=O)Nc1cc(N2CCN(CC)CC2)ccc1Nc1ccc2c(ccn2Cc2c(F)c(OC)cc(OC)c2F)n1. The zero-order valence-electron chi connectivity index (χ0n) is 23.9. The van der Waals surface area contributed by atoms with Gasteiger partial charge in [0.1, 0.15) is 5.82 Å². The minimum absolute atomic E-state index is 0.0884. The molecule has 0 aliphatic carbocycles. The van der Waals surface area contributed by atoms with Crippen molar-refractivity contribution in [3.63, 3.8) is 0 Å². The van der Waals surface area contributed by atoms with E-state index in [1.54, 1.807) is 22.9 Å². The van der Waals surface area contributed by atoms with Gasteiger partial charge in [-0.3, -0.25) is 4.79 Å². The highest BCUT2D eigenvalue weighted by Gasteiger charge is 2.21. The molecule has 1 fully saturated rings. The van der Waals surface area contributed by atoms with Gasteiger partial charge in [-0.05, 0) is 49.0 Å². The van der Waals surface area contributed by atoms with E-state index in [4.69, 9.17) is 14.5 Å². The van der Waals surface area contributed by atoms with Crippen LogP contribution in [-0.2, 0) is 11.3 Å². The summed E-state index contributed by atoms with van der Waals surface area (Å²) in [6, 6.07) is 12.4. The molecule has 0 saturated carbocycles. The third kappa shape index (κ3) is 5.87. The summed E-state index contributed by atoms with van der Waals surface area (Å²) in [5.41, 5.74) is 3.42. The molecule has 2 N–H and O–H groups in total. The first kappa shape index (κ1) is 28.9. The molecular formula is C31H34F2N6O3. The lowest BCUT2D eigenvalue weighted by Crippen LogP contribution is -2.46. The number of likely N-dealkylation sites (N-methyl/N-ethyl adjacent to an activating group) is 1. The summed E-state index contributed by atoms with van der Waals surface area (Å²) in [6.07, 6.45) is 2.95. The number of hydrogen-bond donors (Lipinski definition) is 2. The first-order valence-electron chi connectivity index (χ1n) is 13.7. The van der Waals surface area contributed by atoms with Crippen molar-refractivity contribution in [2.45, 2.75) is 13.5 Å². The van der Waals surface area contributed by atoms with Crippen molar-refractivity contribution in [1.29, 1.82) is 0 Å². The van der Waals surface area contributed by atoms with E-state index in [0.717, 1.165) is 38.4 Å². The van der Waals surface area contributed by atoms with E-state index in [-0.39, 0.29) is 29.5 Å². The van der Waals surface area contributed by atoms with Crippen LogP contribution in [0.15, 0.2) is 61.3 Å². The van der Waals surface area contributed by atoms with Crippen LogP contribution in [-0.4, -0.2) is 67.3 Å². The smallest absolute Gasteiger partial charge is 0.247 e. The van der Waals surface area contributed by atoms with Crippen LogP contribution in [0.4, 0.5) is 31.7 Å². The van der Waals surface area contributed by atoms with Crippen molar-refractivity contribution >= 4 is 39.8 Å². The maximum atomic E-state index is 15.0. The second kappa shape index (κ2) is 12.5. The molecule has 4 aromatic rings. The molecule has 0 bridgehead atoms. The van der Waals surface area contributed by atoms with Crippen molar-refractivity contribution < 1.29 is 23.0 Å². The number of piperazine rings is 1.